The molecule has 4 rings (SSSR count). The van der Waals surface area contributed by atoms with E-state index >= 15 is 0 Å². The van der Waals surface area contributed by atoms with Gasteiger partial charge >= 0.3 is 5.63 Å². The molecule has 27 heavy (non-hydrogen) atoms. The lowest BCUT2D eigenvalue weighted by molar-refractivity contribution is 0.354. The minimum Gasteiger partial charge on any atom is -0.493 e. The lowest BCUT2D eigenvalue weighted by Gasteiger charge is -2.20. The van der Waals surface area contributed by atoms with Crippen LogP contribution in [0.5, 0.6) is 11.5 Å². The van der Waals surface area contributed by atoms with Crippen LogP contribution in [0.15, 0.2) is 50.6 Å². The Labute approximate surface area is 157 Å². The van der Waals surface area contributed by atoms with Gasteiger partial charge in [-0.25, -0.2) is 4.79 Å². The van der Waals surface area contributed by atoms with Crippen LogP contribution in [0, 0.1) is 6.92 Å². The maximum Gasteiger partial charge on any atom is 0.336 e. The normalized spacial score (nSPS) is 13.2. The minimum absolute atomic E-state index is 0.342. The van der Waals surface area contributed by atoms with Gasteiger partial charge in [0, 0.05) is 35.7 Å². The van der Waals surface area contributed by atoms with Gasteiger partial charge in [0.2, 0.25) is 0 Å². The number of aryl methyl sites for hydroxylation is 1. The van der Waals surface area contributed by atoms with Crippen molar-refractivity contribution in [1.29, 1.82) is 0 Å². The Morgan fingerprint density at radius 3 is 2.63 bits per heavy atom. The van der Waals surface area contributed by atoms with Crippen LogP contribution >= 0.6 is 0 Å². The molecule has 0 aliphatic carbocycles. The van der Waals surface area contributed by atoms with Crippen molar-refractivity contribution in [3.8, 4) is 11.5 Å². The van der Waals surface area contributed by atoms with Crippen molar-refractivity contribution >= 4 is 16.7 Å². The van der Waals surface area contributed by atoms with Gasteiger partial charge in [-0.2, -0.15) is 0 Å². The molecule has 0 atom stereocenters. The number of aliphatic imine (C=N–C) groups is 1. The summed E-state index contributed by atoms with van der Waals surface area (Å²) in [4.78, 5) is 16.8. The van der Waals surface area contributed by atoms with E-state index < -0.39 is 0 Å². The van der Waals surface area contributed by atoms with E-state index in [2.05, 4.69) is 0 Å². The first-order valence-corrected chi connectivity index (χ1v) is 8.91. The number of nitrogens with zero attached hydrogens (tertiary/aromatic N) is 1. The molecule has 0 saturated carbocycles. The monoisotopic (exact) mass is 363 g/mol. The molecule has 5 nitrogen and oxygen atoms in total. The maximum absolute atomic E-state index is 12.0. The van der Waals surface area contributed by atoms with Gasteiger partial charge in [0.25, 0.3) is 0 Å². The average molecular weight is 363 g/mol. The third-order valence-corrected chi connectivity index (χ3v) is 4.95. The van der Waals surface area contributed by atoms with E-state index in [0.717, 1.165) is 46.5 Å². The molecular weight excluding hydrogens is 342 g/mol. The highest BCUT2D eigenvalue weighted by molar-refractivity contribution is 6.05. The molecule has 0 N–H and O–H groups in total. The molecule has 5 heteroatoms. The van der Waals surface area contributed by atoms with E-state index in [1.54, 1.807) is 20.3 Å². The largest absolute Gasteiger partial charge is 0.493 e. The molecule has 0 amide bonds. The Hall–Kier alpha value is -3.08. The molecule has 2 heterocycles. The first-order chi connectivity index (χ1) is 13.1. The molecule has 3 aromatic rings. The minimum atomic E-state index is -0.342. The first-order valence-electron chi connectivity index (χ1n) is 8.91. The van der Waals surface area contributed by atoms with Crippen molar-refractivity contribution in [3.63, 3.8) is 0 Å². The first kappa shape index (κ1) is 17.3. The Kier molecular flexibility index (Phi) is 4.44. The van der Waals surface area contributed by atoms with E-state index in [1.807, 2.05) is 37.3 Å². The van der Waals surface area contributed by atoms with Gasteiger partial charge in [-0.15, -0.1) is 0 Å². The van der Waals surface area contributed by atoms with Gasteiger partial charge in [-0.1, -0.05) is 11.6 Å². The summed E-state index contributed by atoms with van der Waals surface area (Å²) in [5.41, 5.74) is 5.48. The summed E-state index contributed by atoms with van der Waals surface area (Å²) < 4.78 is 16.2. The number of benzene rings is 2. The Morgan fingerprint density at radius 1 is 1.07 bits per heavy atom. The van der Waals surface area contributed by atoms with Crippen LogP contribution in [-0.2, 0) is 12.8 Å². The highest BCUT2D eigenvalue weighted by Crippen LogP contribution is 2.33. The van der Waals surface area contributed by atoms with Gasteiger partial charge in [-0.3, -0.25) is 4.99 Å². The third-order valence-electron chi connectivity index (χ3n) is 4.95. The molecule has 138 valence electrons. The van der Waals surface area contributed by atoms with Crippen molar-refractivity contribution in [2.24, 2.45) is 4.99 Å². The predicted molar refractivity (Wildman–Crippen MR) is 106 cm³/mol. The lowest BCUT2D eigenvalue weighted by Crippen LogP contribution is -2.17. The zero-order valence-electron chi connectivity index (χ0n) is 15.7. The lowest BCUT2D eigenvalue weighted by atomic mass is 9.92. The number of methoxy groups -OCH3 is 2. The fourth-order valence-corrected chi connectivity index (χ4v) is 3.61. The fraction of sp³-hybridized carbons (Fsp3) is 0.273. The molecule has 1 aromatic heterocycles. The number of hydrogen-bond acceptors (Lipinski definition) is 5. The summed E-state index contributed by atoms with van der Waals surface area (Å²) in [6, 6.07) is 11.4. The molecule has 0 spiro atoms. The molecule has 1 aliphatic rings. The summed E-state index contributed by atoms with van der Waals surface area (Å²) in [5.74, 6) is 1.40. The smallest absolute Gasteiger partial charge is 0.336 e. The topological polar surface area (TPSA) is 61.0 Å². The Balaban J connectivity index is 1.81. The number of hydrogen-bond donors (Lipinski definition) is 0. The van der Waals surface area contributed by atoms with E-state index in [9.17, 15) is 4.79 Å². The van der Waals surface area contributed by atoms with Crippen LogP contribution < -0.4 is 15.1 Å². The zero-order valence-corrected chi connectivity index (χ0v) is 15.7. The molecule has 0 unspecified atom stereocenters. The summed E-state index contributed by atoms with van der Waals surface area (Å²) in [6.45, 7) is 2.75. The number of fused-ring (bicyclic) bond motifs is 2. The second-order valence-electron chi connectivity index (χ2n) is 6.71. The second kappa shape index (κ2) is 6.91. The van der Waals surface area contributed by atoms with E-state index in [1.165, 1.54) is 5.56 Å². The maximum atomic E-state index is 12.0. The molecule has 2 aromatic carbocycles. The third kappa shape index (κ3) is 3.21. The van der Waals surface area contributed by atoms with E-state index in [0.29, 0.717) is 17.8 Å². The molecule has 0 radical (unpaired) electrons. The van der Waals surface area contributed by atoms with Crippen LogP contribution in [0.2, 0.25) is 0 Å². The number of rotatable bonds is 4. The zero-order chi connectivity index (χ0) is 19.0. The van der Waals surface area contributed by atoms with Gasteiger partial charge in [0.05, 0.1) is 14.2 Å². The van der Waals surface area contributed by atoms with Gasteiger partial charge in [-0.05, 0) is 48.7 Å². The highest BCUT2D eigenvalue weighted by Gasteiger charge is 2.20. The SMILES string of the molecule is COc1cc2c(cc1OC)C(Cc1cc(=O)oc3ccc(C)cc13)=NCC2. The van der Waals surface area contributed by atoms with Crippen LogP contribution in [0.4, 0.5) is 0 Å². The van der Waals surface area contributed by atoms with Crippen LogP contribution in [-0.4, -0.2) is 26.5 Å². The Bertz CT molecular complexity index is 1110. The molecular formula is C22H21NO4. The van der Waals surface area contributed by atoms with E-state index in [4.69, 9.17) is 18.9 Å². The van der Waals surface area contributed by atoms with E-state index in [-0.39, 0.29) is 5.63 Å². The van der Waals surface area contributed by atoms with Crippen LogP contribution in [0.1, 0.15) is 22.3 Å². The summed E-state index contributed by atoms with van der Waals surface area (Å²) in [5, 5.41) is 0.949. The second-order valence-corrected chi connectivity index (χ2v) is 6.71. The standard InChI is InChI=1S/C22H21NO4/c1-13-4-5-19-17(8-13)15(11-22(24)27-19)9-18-16-12-21(26-3)20(25-2)10-14(16)6-7-23-18/h4-5,8,10-12H,6-7,9H2,1-3H3. The quantitative estimate of drug-likeness (QED) is 0.663. The van der Waals surface area contributed by atoms with Crippen molar-refractivity contribution in [1.82, 2.24) is 0 Å². The molecule has 1 aliphatic heterocycles. The van der Waals surface area contributed by atoms with Gasteiger partial charge < -0.3 is 13.9 Å². The fourth-order valence-electron chi connectivity index (χ4n) is 3.61. The summed E-state index contributed by atoms with van der Waals surface area (Å²) in [6.07, 6.45) is 1.42. The average Bonchev–Trinajstić information content (AvgIpc) is 2.67. The van der Waals surface area contributed by atoms with Crippen LogP contribution in [0.25, 0.3) is 11.0 Å². The summed E-state index contributed by atoms with van der Waals surface area (Å²) >= 11 is 0. The van der Waals surface area contributed by atoms with Gasteiger partial charge in [0.15, 0.2) is 11.5 Å². The molecule has 0 saturated heterocycles. The van der Waals surface area contributed by atoms with Crippen molar-refractivity contribution in [3.05, 3.63) is 69.1 Å². The Morgan fingerprint density at radius 2 is 1.85 bits per heavy atom. The van der Waals surface area contributed by atoms with Gasteiger partial charge in [0.1, 0.15) is 5.58 Å². The van der Waals surface area contributed by atoms with Crippen molar-refractivity contribution < 1.29 is 13.9 Å². The summed E-state index contributed by atoms with van der Waals surface area (Å²) in [7, 11) is 3.27. The highest BCUT2D eigenvalue weighted by atomic mass is 16.5. The molecule has 0 fully saturated rings. The number of ether oxygens (including phenoxy) is 2. The predicted octanol–water partition coefficient (Wildman–Crippen LogP) is 3.71. The van der Waals surface area contributed by atoms with Crippen molar-refractivity contribution in [2.45, 2.75) is 19.8 Å². The molecule has 0 bridgehead atoms. The van der Waals surface area contributed by atoms with Crippen LogP contribution in [0.3, 0.4) is 0 Å². The van der Waals surface area contributed by atoms with Crippen molar-refractivity contribution in [2.75, 3.05) is 20.8 Å².